The molecule has 26 heavy (non-hydrogen) atoms. The number of aromatic nitrogens is 4. The second-order valence-corrected chi connectivity index (χ2v) is 6.26. The number of rotatable bonds is 3. The average molecular weight is 351 g/mol. The number of aryl methyl sites for hydroxylation is 1. The van der Waals surface area contributed by atoms with Crippen LogP contribution in [0.5, 0.6) is 0 Å². The fourth-order valence-corrected chi connectivity index (χ4v) is 3.16. The van der Waals surface area contributed by atoms with Crippen molar-refractivity contribution in [3.63, 3.8) is 0 Å². The number of hydrogen-bond donors (Lipinski definition) is 2. The van der Waals surface area contributed by atoms with Crippen molar-refractivity contribution >= 4 is 28.4 Å². The topological polar surface area (TPSA) is 90.0 Å². The summed E-state index contributed by atoms with van der Waals surface area (Å²) in [6.07, 6.45) is 4.22. The summed E-state index contributed by atoms with van der Waals surface area (Å²) in [4.78, 5) is 25.2. The van der Waals surface area contributed by atoms with Gasteiger partial charge in [-0.2, -0.15) is 5.10 Å². The SMILES string of the molecule is CCc1cc(N2CCN(C(=O)Nc3cccc4[nH]ncc34)CC2)ncn1. The third-order valence-electron chi connectivity index (χ3n) is 4.69. The fraction of sp³-hybridized carbons (Fsp3) is 0.333. The Morgan fingerprint density at radius 3 is 2.88 bits per heavy atom. The molecule has 2 amide bonds. The summed E-state index contributed by atoms with van der Waals surface area (Å²) >= 11 is 0. The first-order valence-electron chi connectivity index (χ1n) is 8.78. The van der Waals surface area contributed by atoms with E-state index in [1.165, 1.54) is 0 Å². The molecule has 0 spiro atoms. The zero-order chi connectivity index (χ0) is 17.9. The highest BCUT2D eigenvalue weighted by atomic mass is 16.2. The predicted molar refractivity (Wildman–Crippen MR) is 100 cm³/mol. The highest BCUT2D eigenvalue weighted by Gasteiger charge is 2.22. The van der Waals surface area contributed by atoms with E-state index >= 15 is 0 Å². The highest BCUT2D eigenvalue weighted by Crippen LogP contribution is 2.22. The van der Waals surface area contributed by atoms with E-state index in [1.807, 2.05) is 29.2 Å². The third kappa shape index (κ3) is 3.17. The summed E-state index contributed by atoms with van der Waals surface area (Å²) in [5, 5.41) is 10.8. The largest absolute Gasteiger partial charge is 0.353 e. The molecule has 1 aromatic carbocycles. The molecule has 134 valence electrons. The zero-order valence-electron chi connectivity index (χ0n) is 14.6. The van der Waals surface area contributed by atoms with Crippen molar-refractivity contribution in [1.82, 2.24) is 25.1 Å². The molecule has 1 fully saturated rings. The summed E-state index contributed by atoms with van der Waals surface area (Å²) in [6, 6.07) is 7.65. The van der Waals surface area contributed by atoms with Gasteiger partial charge in [0.05, 0.1) is 17.4 Å². The smallest absolute Gasteiger partial charge is 0.321 e. The van der Waals surface area contributed by atoms with Crippen molar-refractivity contribution in [1.29, 1.82) is 0 Å². The van der Waals surface area contributed by atoms with E-state index < -0.39 is 0 Å². The Balaban J connectivity index is 1.40. The molecule has 2 aromatic heterocycles. The van der Waals surface area contributed by atoms with E-state index in [0.717, 1.165) is 47.6 Å². The molecule has 1 aliphatic rings. The minimum absolute atomic E-state index is 0.0877. The zero-order valence-corrected chi connectivity index (χ0v) is 14.6. The molecule has 8 nitrogen and oxygen atoms in total. The van der Waals surface area contributed by atoms with Gasteiger partial charge in [0.25, 0.3) is 0 Å². The Bertz CT molecular complexity index is 915. The Morgan fingerprint density at radius 2 is 2.08 bits per heavy atom. The molecule has 0 unspecified atom stereocenters. The van der Waals surface area contributed by atoms with Crippen LogP contribution < -0.4 is 10.2 Å². The summed E-state index contributed by atoms with van der Waals surface area (Å²) in [5.74, 6) is 0.931. The second kappa shape index (κ2) is 6.99. The lowest BCUT2D eigenvalue weighted by atomic mass is 10.2. The number of piperazine rings is 1. The van der Waals surface area contributed by atoms with Crippen LogP contribution in [0.15, 0.2) is 36.8 Å². The number of aromatic amines is 1. The molecule has 0 bridgehead atoms. The molecule has 0 atom stereocenters. The van der Waals surface area contributed by atoms with Crippen LogP contribution in [0.2, 0.25) is 0 Å². The lowest BCUT2D eigenvalue weighted by Gasteiger charge is -2.35. The van der Waals surface area contributed by atoms with Crippen molar-refractivity contribution in [3.8, 4) is 0 Å². The summed E-state index contributed by atoms with van der Waals surface area (Å²) in [7, 11) is 0. The summed E-state index contributed by atoms with van der Waals surface area (Å²) in [6.45, 7) is 4.89. The molecule has 3 aromatic rings. The first-order valence-corrected chi connectivity index (χ1v) is 8.78. The molecule has 0 saturated carbocycles. The number of carbonyl (C=O) groups excluding carboxylic acids is 1. The number of fused-ring (bicyclic) bond motifs is 1. The first kappa shape index (κ1) is 16.3. The average Bonchev–Trinajstić information content (AvgIpc) is 3.18. The van der Waals surface area contributed by atoms with Crippen LogP contribution >= 0.6 is 0 Å². The van der Waals surface area contributed by atoms with Gasteiger partial charge in [-0.25, -0.2) is 14.8 Å². The third-order valence-corrected chi connectivity index (χ3v) is 4.69. The van der Waals surface area contributed by atoms with Crippen molar-refractivity contribution in [3.05, 3.63) is 42.5 Å². The number of amides is 2. The van der Waals surface area contributed by atoms with E-state index in [2.05, 4.69) is 37.3 Å². The van der Waals surface area contributed by atoms with Crippen LogP contribution in [0, 0.1) is 0 Å². The minimum atomic E-state index is -0.0877. The molecule has 0 radical (unpaired) electrons. The lowest BCUT2D eigenvalue weighted by molar-refractivity contribution is 0.208. The Morgan fingerprint density at radius 1 is 1.23 bits per heavy atom. The number of nitrogens with one attached hydrogen (secondary N) is 2. The van der Waals surface area contributed by atoms with Crippen molar-refractivity contribution in [2.45, 2.75) is 13.3 Å². The minimum Gasteiger partial charge on any atom is -0.353 e. The van der Waals surface area contributed by atoms with Gasteiger partial charge in [-0.1, -0.05) is 13.0 Å². The predicted octanol–water partition coefficient (Wildman–Crippen LogP) is 2.27. The summed E-state index contributed by atoms with van der Waals surface area (Å²) < 4.78 is 0. The van der Waals surface area contributed by atoms with Gasteiger partial charge in [-0.15, -0.1) is 0 Å². The quantitative estimate of drug-likeness (QED) is 0.755. The number of carbonyl (C=O) groups is 1. The number of anilines is 2. The molecular formula is C18H21N7O. The highest BCUT2D eigenvalue weighted by molar-refractivity contribution is 6.00. The van der Waals surface area contributed by atoms with Gasteiger partial charge < -0.3 is 15.1 Å². The molecule has 1 saturated heterocycles. The fourth-order valence-electron chi connectivity index (χ4n) is 3.16. The van der Waals surface area contributed by atoms with Crippen LogP contribution in [-0.2, 0) is 6.42 Å². The van der Waals surface area contributed by atoms with Gasteiger partial charge in [-0.05, 0) is 18.6 Å². The van der Waals surface area contributed by atoms with Crippen molar-refractivity contribution in [2.24, 2.45) is 0 Å². The second-order valence-electron chi connectivity index (χ2n) is 6.26. The lowest BCUT2D eigenvalue weighted by Crippen LogP contribution is -2.50. The van der Waals surface area contributed by atoms with Gasteiger partial charge in [0, 0.05) is 43.3 Å². The number of nitrogens with zero attached hydrogens (tertiary/aromatic N) is 5. The van der Waals surface area contributed by atoms with Gasteiger partial charge >= 0.3 is 6.03 Å². The number of H-pyrrole nitrogens is 1. The molecule has 2 N–H and O–H groups in total. The molecular weight excluding hydrogens is 330 g/mol. The van der Waals surface area contributed by atoms with Crippen LogP contribution in [0.4, 0.5) is 16.3 Å². The normalized spacial score (nSPS) is 14.7. The summed E-state index contributed by atoms with van der Waals surface area (Å²) in [5.41, 5.74) is 2.71. The van der Waals surface area contributed by atoms with E-state index in [-0.39, 0.29) is 6.03 Å². The molecule has 3 heterocycles. The maximum Gasteiger partial charge on any atom is 0.321 e. The molecule has 0 aliphatic carbocycles. The van der Waals surface area contributed by atoms with Crippen LogP contribution in [0.25, 0.3) is 10.9 Å². The molecule has 4 rings (SSSR count). The van der Waals surface area contributed by atoms with E-state index in [4.69, 9.17) is 0 Å². The molecule has 1 aliphatic heterocycles. The standard InChI is InChI=1S/C18H21N7O/c1-2-13-10-17(20-12-19-13)24-6-8-25(9-7-24)18(26)22-15-4-3-5-16-14(15)11-21-23-16/h3-5,10-12H,2,6-9H2,1H3,(H,21,23)(H,22,26). The monoisotopic (exact) mass is 351 g/mol. The maximum absolute atomic E-state index is 12.6. The number of hydrogen-bond acceptors (Lipinski definition) is 5. The van der Waals surface area contributed by atoms with Crippen LogP contribution in [0.3, 0.4) is 0 Å². The van der Waals surface area contributed by atoms with Crippen molar-refractivity contribution < 1.29 is 4.79 Å². The Labute approximate surface area is 151 Å². The van der Waals surface area contributed by atoms with E-state index in [0.29, 0.717) is 13.1 Å². The van der Waals surface area contributed by atoms with Gasteiger partial charge in [-0.3, -0.25) is 5.10 Å². The van der Waals surface area contributed by atoms with Gasteiger partial charge in [0.15, 0.2) is 0 Å². The van der Waals surface area contributed by atoms with Gasteiger partial charge in [0.1, 0.15) is 12.1 Å². The first-order chi connectivity index (χ1) is 12.7. The van der Waals surface area contributed by atoms with E-state index in [9.17, 15) is 4.79 Å². The van der Waals surface area contributed by atoms with Gasteiger partial charge in [0.2, 0.25) is 0 Å². The van der Waals surface area contributed by atoms with E-state index in [1.54, 1.807) is 12.5 Å². The maximum atomic E-state index is 12.6. The van der Waals surface area contributed by atoms with Crippen LogP contribution in [0.1, 0.15) is 12.6 Å². The number of urea groups is 1. The Hall–Kier alpha value is -3.16. The Kier molecular flexibility index (Phi) is 4.39. The number of benzene rings is 1. The van der Waals surface area contributed by atoms with Crippen LogP contribution in [-0.4, -0.2) is 57.3 Å². The molecule has 8 heteroatoms. The van der Waals surface area contributed by atoms with Crippen molar-refractivity contribution in [2.75, 3.05) is 36.4 Å².